The molecule has 3 rings (SSSR count). The summed E-state index contributed by atoms with van der Waals surface area (Å²) in [5.74, 6) is 1.04. The molecular weight excluding hydrogens is 310 g/mol. The number of rotatable bonds is 6. The smallest absolute Gasteiger partial charge is 0.123 e. The van der Waals surface area contributed by atoms with E-state index >= 15 is 0 Å². The summed E-state index contributed by atoms with van der Waals surface area (Å²) in [6, 6.07) is 4.79. The number of hydrogen-bond acceptors (Lipinski definition) is 3. The van der Waals surface area contributed by atoms with Crippen LogP contribution in [0.15, 0.2) is 18.3 Å². The molecule has 2 atom stereocenters. The number of H-pyrrole nitrogens is 1. The highest BCUT2D eigenvalue weighted by atomic mass is 35.5. The molecule has 4 nitrogen and oxygen atoms in total. The number of hydrogen-bond donors (Lipinski definition) is 2. The first-order valence-corrected chi connectivity index (χ1v) is 8.66. The molecule has 1 aromatic heterocycles. The van der Waals surface area contributed by atoms with Gasteiger partial charge in [-0.2, -0.15) is 5.10 Å². The Hall–Kier alpha value is -1.26. The van der Waals surface area contributed by atoms with Gasteiger partial charge in [0.15, 0.2) is 0 Å². The van der Waals surface area contributed by atoms with Gasteiger partial charge in [-0.3, -0.25) is 5.10 Å². The third kappa shape index (κ3) is 4.18. The van der Waals surface area contributed by atoms with Crippen molar-refractivity contribution in [2.45, 2.75) is 64.5 Å². The first-order valence-electron chi connectivity index (χ1n) is 8.66. The standard InChI is InChI=1S/C18H27N3O.ClH/c1-3-10-19-13-6-5-7-14(11-13)22-18-9-8-17-16(12-20-21-17)15(18)4-2;/h8-9,12-14,19H,3-7,10-11H2,1-2H3,(H,20,21);1H/t13-,14+;/m0./s1. The van der Waals surface area contributed by atoms with Gasteiger partial charge >= 0.3 is 0 Å². The second kappa shape index (κ2) is 8.55. The molecule has 0 bridgehead atoms. The normalized spacial score (nSPS) is 21.1. The SMILES string of the molecule is CCCN[C@H]1CCC[C@@H](Oc2ccc3[nH]ncc3c2CC)C1.Cl. The zero-order valence-electron chi connectivity index (χ0n) is 14.1. The molecule has 0 spiro atoms. The Morgan fingerprint density at radius 1 is 1.30 bits per heavy atom. The Balaban J connectivity index is 0.00000192. The summed E-state index contributed by atoms with van der Waals surface area (Å²) in [5, 5.41) is 12.0. The van der Waals surface area contributed by atoms with Gasteiger partial charge in [0.05, 0.1) is 11.7 Å². The summed E-state index contributed by atoms with van der Waals surface area (Å²) >= 11 is 0. The van der Waals surface area contributed by atoms with E-state index in [-0.39, 0.29) is 12.4 Å². The van der Waals surface area contributed by atoms with Crippen LogP contribution in [0.5, 0.6) is 5.75 Å². The first kappa shape index (κ1) is 18.1. The van der Waals surface area contributed by atoms with Crippen LogP contribution in [0.2, 0.25) is 0 Å². The topological polar surface area (TPSA) is 49.9 Å². The molecule has 0 aliphatic heterocycles. The van der Waals surface area contributed by atoms with Crippen LogP contribution < -0.4 is 10.1 Å². The molecule has 128 valence electrons. The van der Waals surface area contributed by atoms with E-state index in [4.69, 9.17) is 4.74 Å². The minimum absolute atomic E-state index is 0. The van der Waals surface area contributed by atoms with Crippen molar-refractivity contribution in [1.82, 2.24) is 15.5 Å². The van der Waals surface area contributed by atoms with Crippen LogP contribution in [0, 0.1) is 0 Å². The second-order valence-corrected chi connectivity index (χ2v) is 6.28. The molecule has 1 aliphatic carbocycles. The largest absolute Gasteiger partial charge is 0.490 e. The molecule has 0 amide bonds. The fourth-order valence-corrected chi connectivity index (χ4v) is 3.50. The molecule has 0 unspecified atom stereocenters. The Bertz CT molecular complexity index is 613. The highest BCUT2D eigenvalue weighted by Crippen LogP contribution is 2.31. The maximum atomic E-state index is 6.38. The van der Waals surface area contributed by atoms with Crippen LogP contribution in [-0.2, 0) is 6.42 Å². The summed E-state index contributed by atoms with van der Waals surface area (Å²) in [6.45, 7) is 5.51. The van der Waals surface area contributed by atoms with Crippen LogP contribution >= 0.6 is 12.4 Å². The van der Waals surface area contributed by atoms with E-state index in [1.54, 1.807) is 0 Å². The second-order valence-electron chi connectivity index (χ2n) is 6.28. The van der Waals surface area contributed by atoms with Crippen molar-refractivity contribution in [3.05, 3.63) is 23.9 Å². The third-order valence-corrected chi connectivity index (χ3v) is 4.65. The maximum Gasteiger partial charge on any atom is 0.123 e. The number of aromatic nitrogens is 2. The first-order chi connectivity index (χ1) is 10.8. The van der Waals surface area contributed by atoms with Crippen LogP contribution in [-0.4, -0.2) is 28.9 Å². The Kier molecular flexibility index (Phi) is 6.72. The van der Waals surface area contributed by atoms with Crippen LogP contribution in [0.3, 0.4) is 0 Å². The average molecular weight is 338 g/mol. The summed E-state index contributed by atoms with van der Waals surface area (Å²) < 4.78 is 6.38. The van der Waals surface area contributed by atoms with Gasteiger partial charge in [-0.15, -0.1) is 12.4 Å². The highest BCUT2D eigenvalue weighted by Gasteiger charge is 2.23. The molecule has 1 aromatic carbocycles. The van der Waals surface area contributed by atoms with Gasteiger partial charge in [0.2, 0.25) is 0 Å². The number of benzene rings is 1. The van der Waals surface area contributed by atoms with Gasteiger partial charge in [-0.05, 0) is 57.2 Å². The number of aromatic amines is 1. The number of fused-ring (bicyclic) bond motifs is 1. The summed E-state index contributed by atoms with van der Waals surface area (Å²) in [4.78, 5) is 0. The van der Waals surface area contributed by atoms with E-state index in [2.05, 4.69) is 41.5 Å². The third-order valence-electron chi connectivity index (χ3n) is 4.65. The number of halogens is 1. The van der Waals surface area contributed by atoms with E-state index < -0.39 is 0 Å². The lowest BCUT2D eigenvalue weighted by Gasteiger charge is -2.31. The van der Waals surface area contributed by atoms with E-state index in [0.717, 1.165) is 37.1 Å². The zero-order chi connectivity index (χ0) is 15.4. The molecule has 2 aromatic rings. The molecule has 0 saturated heterocycles. The van der Waals surface area contributed by atoms with Gasteiger partial charge < -0.3 is 10.1 Å². The average Bonchev–Trinajstić information content (AvgIpc) is 3.02. The molecule has 1 fully saturated rings. The number of aryl methyl sites for hydroxylation is 1. The monoisotopic (exact) mass is 337 g/mol. The van der Waals surface area contributed by atoms with Crippen molar-refractivity contribution in [3.8, 4) is 5.75 Å². The Morgan fingerprint density at radius 2 is 2.17 bits per heavy atom. The lowest BCUT2D eigenvalue weighted by atomic mass is 9.92. The molecule has 1 saturated carbocycles. The van der Waals surface area contributed by atoms with Crippen molar-refractivity contribution in [2.75, 3.05) is 6.54 Å². The van der Waals surface area contributed by atoms with Crippen molar-refractivity contribution in [3.63, 3.8) is 0 Å². The van der Waals surface area contributed by atoms with E-state index in [1.807, 2.05) is 6.20 Å². The Labute approximate surface area is 144 Å². The van der Waals surface area contributed by atoms with Crippen molar-refractivity contribution in [2.24, 2.45) is 0 Å². The lowest BCUT2D eigenvalue weighted by molar-refractivity contribution is 0.134. The molecule has 1 heterocycles. The van der Waals surface area contributed by atoms with E-state index in [0.29, 0.717) is 12.1 Å². The van der Waals surface area contributed by atoms with Gasteiger partial charge in [-0.1, -0.05) is 13.8 Å². The molecule has 23 heavy (non-hydrogen) atoms. The van der Waals surface area contributed by atoms with Gasteiger partial charge in [0.25, 0.3) is 0 Å². The van der Waals surface area contributed by atoms with Crippen LogP contribution in [0.4, 0.5) is 0 Å². The van der Waals surface area contributed by atoms with Gasteiger partial charge in [0.1, 0.15) is 11.9 Å². The van der Waals surface area contributed by atoms with Crippen LogP contribution in [0.25, 0.3) is 10.9 Å². The summed E-state index contributed by atoms with van der Waals surface area (Å²) in [5.41, 5.74) is 2.37. The quantitative estimate of drug-likeness (QED) is 0.829. The molecule has 1 aliphatic rings. The van der Waals surface area contributed by atoms with Gasteiger partial charge in [-0.25, -0.2) is 0 Å². The van der Waals surface area contributed by atoms with E-state index in [9.17, 15) is 0 Å². The number of nitrogens with one attached hydrogen (secondary N) is 2. The molecular formula is C18H28ClN3O. The van der Waals surface area contributed by atoms with Crippen molar-refractivity contribution < 1.29 is 4.74 Å². The van der Waals surface area contributed by atoms with E-state index in [1.165, 1.54) is 30.2 Å². The fourth-order valence-electron chi connectivity index (χ4n) is 3.50. The fraction of sp³-hybridized carbons (Fsp3) is 0.611. The minimum Gasteiger partial charge on any atom is -0.490 e. The van der Waals surface area contributed by atoms with Crippen LogP contribution in [0.1, 0.15) is 51.5 Å². The van der Waals surface area contributed by atoms with Crippen molar-refractivity contribution >= 4 is 23.3 Å². The molecule has 0 radical (unpaired) electrons. The summed E-state index contributed by atoms with van der Waals surface area (Å²) in [6.07, 6.45) is 9.22. The summed E-state index contributed by atoms with van der Waals surface area (Å²) in [7, 11) is 0. The van der Waals surface area contributed by atoms with Crippen molar-refractivity contribution in [1.29, 1.82) is 0 Å². The van der Waals surface area contributed by atoms with Gasteiger partial charge in [0, 0.05) is 17.0 Å². The predicted molar refractivity (Wildman–Crippen MR) is 97.7 cm³/mol. The lowest BCUT2D eigenvalue weighted by Crippen LogP contribution is -2.38. The highest BCUT2D eigenvalue weighted by molar-refractivity contribution is 5.85. The zero-order valence-corrected chi connectivity index (χ0v) is 14.9. The predicted octanol–water partition coefficient (Wildman–Crippen LogP) is 4.24. The number of nitrogens with zero attached hydrogens (tertiary/aromatic N) is 1. The Morgan fingerprint density at radius 3 is 2.96 bits per heavy atom. The number of ether oxygens (including phenoxy) is 1. The minimum atomic E-state index is 0. The molecule has 5 heteroatoms. The maximum absolute atomic E-state index is 6.38. The molecule has 2 N–H and O–H groups in total.